The maximum absolute atomic E-state index is 4.66. The van der Waals surface area contributed by atoms with Crippen molar-refractivity contribution in [2.24, 2.45) is 0 Å². The normalized spacial score (nSPS) is 18.1. The molecule has 4 rings (SSSR count). The largest absolute Gasteiger partial charge is 0.310 e. The summed E-state index contributed by atoms with van der Waals surface area (Å²) in [7, 11) is 0. The summed E-state index contributed by atoms with van der Waals surface area (Å²) in [4.78, 5) is 0. The van der Waals surface area contributed by atoms with E-state index in [9.17, 15) is 0 Å². The van der Waals surface area contributed by atoms with Crippen LogP contribution in [-0.2, 0) is 13.1 Å². The van der Waals surface area contributed by atoms with Gasteiger partial charge in [0.25, 0.3) is 0 Å². The molecule has 2 fully saturated rings. The van der Waals surface area contributed by atoms with Gasteiger partial charge in [-0.25, -0.2) is 0 Å². The summed E-state index contributed by atoms with van der Waals surface area (Å²) in [6.45, 7) is 1.85. The zero-order chi connectivity index (χ0) is 14.2. The van der Waals surface area contributed by atoms with Crippen molar-refractivity contribution in [1.82, 2.24) is 15.1 Å². The molecule has 0 aliphatic heterocycles. The van der Waals surface area contributed by atoms with E-state index in [1.54, 1.807) is 0 Å². The van der Waals surface area contributed by atoms with Gasteiger partial charge in [-0.3, -0.25) is 4.68 Å². The topological polar surface area (TPSA) is 29.9 Å². The average molecular weight is 346 g/mol. The molecule has 1 aromatic heterocycles. The number of hydrogen-bond acceptors (Lipinski definition) is 2. The molecular formula is C17H20BrN3. The minimum absolute atomic E-state index is 0.732. The van der Waals surface area contributed by atoms with Crippen LogP contribution in [0.3, 0.4) is 0 Å². The lowest BCUT2D eigenvalue weighted by molar-refractivity contribution is 0.635. The third-order valence-corrected chi connectivity index (χ3v) is 4.80. The summed E-state index contributed by atoms with van der Waals surface area (Å²) in [6.07, 6.45) is 7.39. The van der Waals surface area contributed by atoms with Crippen LogP contribution in [0.15, 0.2) is 34.9 Å². The van der Waals surface area contributed by atoms with Crippen molar-refractivity contribution in [3.8, 4) is 0 Å². The van der Waals surface area contributed by atoms with Gasteiger partial charge in [-0.2, -0.15) is 5.10 Å². The highest BCUT2D eigenvalue weighted by Gasteiger charge is 2.30. The molecule has 0 amide bonds. The zero-order valence-corrected chi connectivity index (χ0v) is 13.6. The second-order valence-corrected chi connectivity index (χ2v) is 7.19. The van der Waals surface area contributed by atoms with Crippen LogP contribution in [0.2, 0.25) is 0 Å². The van der Waals surface area contributed by atoms with Gasteiger partial charge in [0, 0.05) is 34.2 Å². The van der Waals surface area contributed by atoms with Crippen molar-refractivity contribution in [3.63, 3.8) is 0 Å². The average Bonchev–Trinajstić information content (AvgIpc) is 3.38. The Morgan fingerprint density at radius 2 is 2.10 bits per heavy atom. The van der Waals surface area contributed by atoms with Crippen LogP contribution in [0.25, 0.3) is 0 Å². The quantitative estimate of drug-likeness (QED) is 0.862. The van der Waals surface area contributed by atoms with E-state index in [1.165, 1.54) is 42.5 Å². The lowest BCUT2D eigenvalue weighted by Gasteiger charge is -2.10. The first-order valence-corrected chi connectivity index (χ1v) is 8.61. The fourth-order valence-corrected chi connectivity index (χ4v) is 3.32. The van der Waals surface area contributed by atoms with E-state index >= 15 is 0 Å². The number of rotatable bonds is 6. The molecule has 0 atom stereocenters. The molecule has 0 saturated heterocycles. The summed E-state index contributed by atoms with van der Waals surface area (Å²) in [5.74, 6) is 0.732. The predicted octanol–water partition coefficient (Wildman–Crippen LogP) is 3.82. The molecular weight excluding hydrogens is 326 g/mol. The van der Waals surface area contributed by atoms with Gasteiger partial charge in [0.2, 0.25) is 0 Å². The van der Waals surface area contributed by atoms with E-state index in [0.29, 0.717) is 0 Å². The van der Waals surface area contributed by atoms with Crippen molar-refractivity contribution < 1.29 is 0 Å². The lowest BCUT2D eigenvalue weighted by Crippen LogP contribution is -2.16. The highest BCUT2D eigenvalue weighted by Crippen LogP contribution is 2.42. The van der Waals surface area contributed by atoms with Gasteiger partial charge < -0.3 is 5.32 Å². The number of benzene rings is 1. The van der Waals surface area contributed by atoms with Gasteiger partial charge >= 0.3 is 0 Å². The van der Waals surface area contributed by atoms with E-state index in [4.69, 9.17) is 0 Å². The Balaban J connectivity index is 1.56. The number of nitrogens with zero attached hydrogens (tertiary/aromatic N) is 2. The Kier molecular flexibility index (Phi) is 3.59. The molecule has 2 aliphatic carbocycles. The lowest BCUT2D eigenvalue weighted by atomic mass is 10.1. The number of aromatic nitrogens is 2. The molecule has 3 nitrogen and oxygen atoms in total. The molecule has 2 aromatic rings. The van der Waals surface area contributed by atoms with Crippen LogP contribution in [0.1, 0.15) is 48.4 Å². The molecule has 1 heterocycles. The Labute approximate surface area is 133 Å². The number of nitrogens with one attached hydrogen (secondary N) is 1. The standard InChI is InChI=1S/C17H20BrN3/c18-15-3-1-2-12(8-15)11-21-17(13-4-5-13)14(10-20-21)9-19-16-6-7-16/h1-3,8,10,13,16,19H,4-7,9,11H2. The monoisotopic (exact) mass is 345 g/mol. The predicted molar refractivity (Wildman–Crippen MR) is 87.3 cm³/mol. The van der Waals surface area contributed by atoms with E-state index in [1.807, 2.05) is 0 Å². The Bertz CT molecular complexity index is 641. The summed E-state index contributed by atoms with van der Waals surface area (Å²) >= 11 is 3.55. The molecule has 0 unspecified atom stereocenters. The van der Waals surface area contributed by atoms with Gasteiger partial charge in [0.05, 0.1) is 12.7 Å². The van der Waals surface area contributed by atoms with Gasteiger partial charge in [0.15, 0.2) is 0 Å². The van der Waals surface area contributed by atoms with Crippen LogP contribution in [0.4, 0.5) is 0 Å². The minimum atomic E-state index is 0.732. The molecule has 110 valence electrons. The highest BCUT2D eigenvalue weighted by molar-refractivity contribution is 9.10. The highest BCUT2D eigenvalue weighted by atomic mass is 79.9. The van der Waals surface area contributed by atoms with E-state index in [2.05, 4.69) is 61.5 Å². The van der Waals surface area contributed by atoms with Crippen molar-refractivity contribution in [3.05, 3.63) is 51.8 Å². The van der Waals surface area contributed by atoms with Gasteiger partial charge in [-0.15, -0.1) is 0 Å². The second kappa shape index (κ2) is 5.58. The molecule has 0 radical (unpaired) electrons. The van der Waals surface area contributed by atoms with Gasteiger partial charge in [0.1, 0.15) is 0 Å². The number of hydrogen-bond donors (Lipinski definition) is 1. The molecule has 0 spiro atoms. The zero-order valence-electron chi connectivity index (χ0n) is 12.1. The second-order valence-electron chi connectivity index (χ2n) is 6.27. The summed E-state index contributed by atoms with van der Waals surface area (Å²) in [5, 5.41) is 8.28. The molecule has 2 aliphatic rings. The van der Waals surface area contributed by atoms with E-state index < -0.39 is 0 Å². The summed E-state index contributed by atoms with van der Waals surface area (Å²) in [5.41, 5.74) is 4.17. The van der Waals surface area contributed by atoms with Crippen molar-refractivity contribution in [1.29, 1.82) is 0 Å². The molecule has 21 heavy (non-hydrogen) atoms. The van der Waals surface area contributed by atoms with Crippen molar-refractivity contribution in [2.45, 2.75) is 50.7 Å². The smallest absolute Gasteiger partial charge is 0.0663 e. The molecule has 1 aromatic carbocycles. The van der Waals surface area contributed by atoms with Crippen LogP contribution in [0, 0.1) is 0 Å². The fourth-order valence-electron chi connectivity index (χ4n) is 2.88. The Morgan fingerprint density at radius 3 is 2.81 bits per heavy atom. The van der Waals surface area contributed by atoms with E-state index in [-0.39, 0.29) is 0 Å². The Morgan fingerprint density at radius 1 is 1.24 bits per heavy atom. The SMILES string of the molecule is Brc1cccc(Cn2ncc(CNC3CC3)c2C2CC2)c1. The minimum Gasteiger partial charge on any atom is -0.310 e. The van der Waals surface area contributed by atoms with E-state index in [0.717, 1.165) is 29.5 Å². The first-order chi connectivity index (χ1) is 10.3. The third-order valence-electron chi connectivity index (χ3n) is 4.30. The van der Waals surface area contributed by atoms with Crippen LogP contribution < -0.4 is 5.32 Å². The first kappa shape index (κ1) is 13.5. The fraction of sp³-hybridized carbons (Fsp3) is 0.471. The van der Waals surface area contributed by atoms with Crippen molar-refractivity contribution in [2.75, 3.05) is 0 Å². The molecule has 0 bridgehead atoms. The number of halogens is 1. The molecule has 2 saturated carbocycles. The summed E-state index contributed by atoms with van der Waals surface area (Å²) in [6, 6.07) is 9.27. The first-order valence-electron chi connectivity index (χ1n) is 7.82. The van der Waals surface area contributed by atoms with Crippen LogP contribution >= 0.6 is 15.9 Å². The van der Waals surface area contributed by atoms with Crippen molar-refractivity contribution >= 4 is 15.9 Å². The van der Waals surface area contributed by atoms with Gasteiger partial charge in [-0.1, -0.05) is 28.1 Å². The van der Waals surface area contributed by atoms with Crippen LogP contribution in [0.5, 0.6) is 0 Å². The summed E-state index contributed by atoms with van der Waals surface area (Å²) < 4.78 is 3.35. The maximum atomic E-state index is 4.66. The molecule has 1 N–H and O–H groups in total. The molecule has 4 heteroatoms. The van der Waals surface area contributed by atoms with Crippen LogP contribution in [-0.4, -0.2) is 15.8 Å². The maximum Gasteiger partial charge on any atom is 0.0663 e. The Hall–Kier alpha value is -1.13. The van der Waals surface area contributed by atoms with Gasteiger partial charge in [-0.05, 0) is 43.4 Å². The third kappa shape index (κ3) is 3.22.